The van der Waals surface area contributed by atoms with Crippen LogP contribution in [0.2, 0.25) is 0 Å². The molecule has 1 N–H and O–H groups in total. The Bertz CT molecular complexity index is 843. The molecule has 0 aromatic carbocycles. The molecular weight excluding hydrogens is 377 g/mol. The second-order valence-corrected chi connectivity index (χ2v) is 6.84. The summed E-state index contributed by atoms with van der Waals surface area (Å²) in [5, 5.41) is 21.9. The van der Waals surface area contributed by atoms with E-state index in [-0.39, 0.29) is 9.50 Å². The molecule has 0 fully saturated rings. The van der Waals surface area contributed by atoms with Gasteiger partial charge in [0.25, 0.3) is 0 Å². The Labute approximate surface area is 137 Å². The molecule has 0 aliphatic carbocycles. The maximum absolute atomic E-state index is 12.8. The molecule has 0 aliphatic rings. The maximum atomic E-state index is 12.8. The summed E-state index contributed by atoms with van der Waals surface area (Å²) in [6.07, 6.45) is -3.34. The number of aromatic carboxylic acids is 1. The first-order chi connectivity index (χ1) is 10.9. The van der Waals surface area contributed by atoms with Gasteiger partial charge in [0, 0.05) is 11.6 Å². The number of carbonyl (C=O) groups is 1. The first-order valence-corrected chi connectivity index (χ1v) is 8.05. The van der Waals surface area contributed by atoms with Crippen LogP contribution in [0.4, 0.5) is 13.2 Å². The van der Waals surface area contributed by atoms with Crippen molar-refractivity contribution in [2.24, 2.45) is 0 Å². The molecule has 0 amide bonds. The summed E-state index contributed by atoms with van der Waals surface area (Å²) in [4.78, 5) is 17.4. The minimum Gasteiger partial charge on any atom is -0.477 e. The fraction of sp³-hybridized carbons (Fsp3) is 0.111. The van der Waals surface area contributed by atoms with Crippen LogP contribution in [-0.4, -0.2) is 41.3 Å². The lowest BCUT2D eigenvalue weighted by molar-refractivity contribution is -0.141. The number of carboxylic acids is 1. The number of aromatic nitrogens is 6. The minimum absolute atomic E-state index is 0.124. The predicted octanol–water partition coefficient (Wildman–Crippen LogP) is 2.44. The second kappa shape index (κ2) is 5.86. The van der Waals surface area contributed by atoms with Gasteiger partial charge in [-0.25, -0.2) is 14.8 Å². The van der Waals surface area contributed by atoms with Crippen molar-refractivity contribution in [3.05, 3.63) is 22.1 Å². The number of nitrogens with zero attached hydrogens (tertiary/aromatic N) is 6. The van der Waals surface area contributed by atoms with Crippen molar-refractivity contribution in [2.45, 2.75) is 15.7 Å². The van der Waals surface area contributed by atoms with E-state index in [1.165, 1.54) is 22.2 Å². The molecule has 120 valence electrons. The van der Waals surface area contributed by atoms with E-state index in [1.54, 1.807) is 5.38 Å². The molecule has 0 radical (unpaired) electrons. The van der Waals surface area contributed by atoms with E-state index in [1.807, 2.05) is 0 Å². The zero-order valence-electron chi connectivity index (χ0n) is 10.6. The summed E-state index contributed by atoms with van der Waals surface area (Å²) in [5.74, 6) is -1.69. The topological polar surface area (TPSA) is 107 Å². The normalized spacial score (nSPS) is 11.8. The van der Waals surface area contributed by atoms with Crippen LogP contribution >= 0.6 is 34.4 Å². The van der Waals surface area contributed by atoms with Gasteiger partial charge in [-0.15, -0.1) is 16.4 Å². The smallest absolute Gasteiger partial charge is 0.435 e. The number of rotatable bonds is 4. The van der Waals surface area contributed by atoms with Gasteiger partial charge >= 0.3 is 12.1 Å². The largest absolute Gasteiger partial charge is 0.477 e. The number of hydrogen-bond donors (Lipinski definition) is 1. The summed E-state index contributed by atoms with van der Waals surface area (Å²) >= 11 is 2.36. The lowest BCUT2D eigenvalue weighted by Gasteiger charge is -2.02. The van der Waals surface area contributed by atoms with Crippen LogP contribution in [0.5, 0.6) is 0 Å². The van der Waals surface area contributed by atoms with Gasteiger partial charge in [-0.2, -0.15) is 17.9 Å². The SMILES string of the molecule is O=C(O)c1sc(Sc2nnnn2-c2nccs2)nc1C(F)(F)F. The van der Waals surface area contributed by atoms with Crippen LogP contribution in [0.25, 0.3) is 5.13 Å². The molecular formula is C9H3F3N6O2S3. The summed E-state index contributed by atoms with van der Waals surface area (Å²) in [5.41, 5.74) is -1.44. The summed E-state index contributed by atoms with van der Waals surface area (Å²) in [6.45, 7) is 0. The zero-order chi connectivity index (χ0) is 16.6. The van der Waals surface area contributed by atoms with E-state index in [4.69, 9.17) is 5.11 Å². The summed E-state index contributed by atoms with van der Waals surface area (Å²) in [6, 6.07) is 0. The van der Waals surface area contributed by atoms with Gasteiger partial charge in [-0.1, -0.05) is 11.3 Å². The molecule has 3 rings (SSSR count). The van der Waals surface area contributed by atoms with Crippen molar-refractivity contribution in [3.8, 4) is 5.13 Å². The van der Waals surface area contributed by atoms with Crippen LogP contribution in [0.3, 0.4) is 0 Å². The number of tetrazole rings is 1. The Morgan fingerprint density at radius 2 is 2.17 bits per heavy atom. The summed E-state index contributed by atoms with van der Waals surface area (Å²) < 4.78 is 39.6. The van der Waals surface area contributed by atoms with Crippen molar-refractivity contribution in [1.29, 1.82) is 0 Å². The van der Waals surface area contributed by atoms with Gasteiger partial charge in [0.05, 0.1) is 0 Å². The third-order valence-corrected chi connectivity index (χ3v) is 5.08. The van der Waals surface area contributed by atoms with Gasteiger partial charge in [-0.3, -0.25) is 0 Å². The molecule has 0 saturated carbocycles. The zero-order valence-corrected chi connectivity index (χ0v) is 13.0. The maximum Gasteiger partial charge on any atom is 0.435 e. The molecule has 0 aliphatic heterocycles. The van der Waals surface area contributed by atoms with Crippen molar-refractivity contribution >= 4 is 40.4 Å². The van der Waals surface area contributed by atoms with Gasteiger partial charge in [0.2, 0.25) is 10.3 Å². The Balaban J connectivity index is 1.96. The molecule has 0 bridgehead atoms. The van der Waals surface area contributed by atoms with Crippen LogP contribution < -0.4 is 0 Å². The van der Waals surface area contributed by atoms with Gasteiger partial charge in [0.1, 0.15) is 4.88 Å². The van der Waals surface area contributed by atoms with Crippen molar-refractivity contribution < 1.29 is 23.1 Å². The second-order valence-electron chi connectivity index (χ2n) is 3.75. The van der Waals surface area contributed by atoms with Gasteiger partial charge in [-0.05, 0) is 22.2 Å². The molecule has 0 spiro atoms. The highest BCUT2D eigenvalue weighted by atomic mass is 32.2. The first-order valence-electron chi connectivity index (χ1n) is 5.53. The van der Waals surface area contributed by atoms with E-state index in [2.05, 4.69) is 25.5 Å². The molecule has 3 heterocycles. The Hall–Kier alpha value is -2.06. The number of halogens is 3. The van der Waals surface area contributed by atoms with Crippen LogP contribution in [-0.2, 0) is 6.18 Å². The van der Waals surface area contributed by atoms with E-state index in [9.17, 15) is 18.0 Å². The van der Waals surface area contributed by atoms with Gasteiger partial charge in [0.15, 0.2) is 10.0 Å². The number of carboxylic acid groups (broad SMARTS) is 1. The average molecular weight is 380 g/mol. The standard InChI is InChI=1S/C9H3F3N6O2S3/c10-9(11,12)4-3(5(19)20)22-8(14-4)23-7-15-16-17-18(7)6-13-1-2-21-6/h1-2H,(H,19,20). The Kier molecular flexibility index (Phi) is 4.03. The molecule has 8 nitrogen and oxygen atoms in total. The third kappa shape index (κ3) is 3.18. The lowest BCUT2D eigenvalue weighted by Crippen LogP contribution is -2.11. The molecule has 0 unspecified atom stereocenters. The van der Waals surface area contributed by atoms with E-state index in [0.717, 1.165) is 11.8 Å². The summed E-state index contributed by atoms with van der Waals surface area (Å²) in [7, 11) is 0. The Morgan fingerprint density at radius 3 is 2.74 bits per heavy atom. The molecule has 0 atom stereocenters. The Morgan fingerprint density at radius 1 is 1.39 bits per heavy atom. The molecule has 0 saturated heterocycles. The van der Waals surface area contributed by atoms with E-state index in [0.29, 0.717) is 16.5 Å². The molecule has 23 heavy (non-hydrogen) atoms. The molecule has 14 heteroatoms. The number of thiazole rings is 2. The lowest BCUT2D eigenvalue weighted by atomic mass is 10.3. The average Bonchev–Trinajstić information content (AvgIpc) is 3.17. The van der Waals surface area contributed by atoms with Gasteiger partial charge < -0.3 is 5.11 Å². The fourth-order valence-corrected chi connectivity index (χ4v) is 3.97. The fourth-order valence-electron chi connectivity index (χ4n) is 1.44. The highest BCUT2D eigenvalue weighted by Gasteiger charge is 2.40. The molecule has 3 aromatic heterocycles. The van der Waals surface area contributed by atoms with Crippen LogP contribution in [0, 0.1) is 0 Å². The number of hydrogen-bond acceptors (Lipinski definition) is 9. The minimum atomic E-state index is -4.86. The third-order valence-electron chi connectivity index (χ3n) is 2.29. The quantitative estimate of drug-likeness (QED) is 0.736. The van der Waals surface area contributed by atoms with Crippen molar-refractivity contribution in [3.63, 3.8) is 0 Å². The van der Waals surface area contributed by atoms with E-state index >= 15 is 0 Å². The van der Waals surface area contributed by atoms with Crippen molar-refractivity contribution in [2.75, 3.05) is 0 Å². The van der Waals surface area contributed by atoms with Crippen LogP contribution in [0.15, 0.2) is 21.1 Å². The van der Waals surface area contributed by atoms with Crippen LogP contribution in [0.1, 0.15) is 15.4 Å². The highest BCUT2D eigenvalue weighted by molar-refractivity contribution is 8.00. The number of alkyl halides is 3. The van der Waals surface area contributed by atoms with Crippen molar-refractivity contribution in [1.82, 2.24) is 30.2 Å². The first kappa shape index (κ1) is 15.8. The predicted molar refractivity (Wildman–Crippen MR) is 73.0 cm³/mol. The molecule has 3 aromatic rings. The van der Waals surface area contributed by atoms with E-state index < -0.39 is 22.7 Å². The monoisotopic (exact) mass is 380 g/mol. The highest BCUT2D eigenvalue weighted by Crippen LogP contribution is 2.39.